The molecule has 65 heavy (non-hydrogen) atoms. The number of anilines is 1. The molecule has 0 aliphatic carbocycles. The van der Waals surface area contributed by atoms with E-state index in [4.69, 9.17) is 9.47 Å². The monoisotopic (exact) mass is 884 g/mol. The first-order valence-electron chi connectivity index (χ1n) is 22.3. The first-order chi connectivity index (χ1) is 31.2. The number of allylic oxidation sites excluding steroid dienone is 1. The van der Waals surface area contributed by atoms with Crippen LogP contribution in [-0.4, -0.2) is 70.5 Å². The van der Waals surface area contributed by atoms with E-state index < -0.39 is 23.2 Å². The predicted molar refractivity (Wildman–Crippen MR) is 240 cm³/mol. The molecule has 16 nitrogen and oxygen atoms in total. The first kappa shape index (κ1) is 43.2. The van der Waals surface area contributed by atoms with Crippen LogP contribution in [0.5, 0.6) is 17.2 Å². The number of hydrogen-bond acceptors (Lipinski definition) is 12. The number of H-pyrrole nitrogens is 1. The zero-order valence-electron chi connectivity index (χ0n) is 36.8. The molecular weight excluding hydrogens is 833 g/mol. The number of carbonyl (C=O) groups is 3. The zero-order valence-corrected chi connectivity index (χ0v) is 36.8. The van der Waals surface area contributed by atoms with Crippen molar-refractivity contribution in [3.8, 4) is 34.3 Å². The average molecular weight is 885 g/mol. The largest absolute Gasteiger partial charge is 0.508 e. The second-order valence-electron chi connectivity index (χ2n) is 17.7. The maximum Gasteiger partial charge on any atom is 0.355 e. The van der Waals surface area contributed by atoms with Gasteiger partial charge >= 0.3 is 17.6 Å². The van der Waals surface area contributed by atoms with E-state index >= 15 is 0 Å². The number of aromatic hydroxyl groups is 3. The number of nitrogens with zero attached hydrogens (tertiary/aromatic N) is 4. The number of cyclic esters (lactones) is 1. The van der Waals surface area contributed by atoms with Gasteiger partial charge in [0.2, 0.25) is 11.5 Å². The third kappa shape index (κ3) is 7.53. The zero-order chi connectivity index (χ0) is 45.9. The quantitative estimate of drug-likeness (QED) is 0.0715. The van der Waals surface area contributed by atoms with Gasteiger partial charge in [0, 0.05) is 54.6 Å². The van der Waals surface area contributed by atoms with Crippen LogP contribution in [0.25, 0.3) is 22.6 Å². The highest BCUT2D eigenvalue weighted by molar-refractivity contribution is 5.89. The molecule has 4 aliphatic rings. The second-order valence-corrected chi connectivity index (χ2v) is 17.7. The Balaban J connectivity index is 0.826. The third-order valence-corrected chi connectivity index (χ3v) is 13.6. The molecule has 338 valence electrons. The van der Waals surface area contributed by atoms with Gasteiger partial charge in [-0.2, -0.15) is 5.10 Å². The van der Waals surface area contributed by atoms with E-state index in [0.29, 0.717) is 60.0 Å². The van der Waals surface area contributed by atoms with Crippen LogP contribution < -0.4 is 16.6 Å². The number of phenolic OH excluding ortho intramolecular Hbond substituents is 3. The Morgan fingerprint density at radius 1 is 0.938 bits per heavy atom. The summed E-state index contributed by atoms with van der Waals surface area (Å²) in [6.07, 6.45) is 2.60. The van der Waals surface area contributed by atoms with Crippen LogP contribution >= 0.6 is 0 Å². The highest BCUT2D eigenvalue weighted by Crippen LogP contribution is 2.48. The summed E-state index contributed by atoms with van der Waals surface area (Å²) < 4.78 is 14.6. The highest BCUT2D eigenvalue weighted by Gasteiger charge is 2.51. The number of rotatable bonds is 11. The van der Waals surface area contributed by atoms with Gasteiger partial charge in [-0.1, -0.05) is 39.8 Å². The Morgan fingerprint density at radius 2 is 1.69 bits per heavy atom. The molecule has 2 unspecified atom stereocenters. The van der Waals surface area contributed by atoms with Gasteiger partial charge in [-0.05, 0) is 109 Å². The molecule has 1 fully saturated rings. The Kier molecular flexibility index (Phi) is 11.2. The molecule has 3 aromatic carbocycles. The fraction of sp³-hybridized carbons (Fsp3) is 0.388. The molecule has 1 saturated heterocycles. The van der Waals surface area contributed by atoms with Crippen LogP contribution in [0.1, 0.15) is 112 Å². The number of esters is 2. The summed E-state index contributed by atoms with van der Waals surface area (Å²) in [6, 6.07) is 17.0. The standard InChI is InChI=1S/C49H52N6O10/c1-5-31-33-20-30(56)11-12-38(33)50-44-35(31)24-54-39(44)22-37-36(46(54)61)25-64-47(62)49(37,6-2)65-43(60)14-13-42(59)53-17-15-28(16-18-53)19-27-7-9-29(10-8-27)55-45(51-52-48(55)63)34-21-32(26(3)4)40(57)23-41(34)58/h7-12,20-23,26,28,44,50,56-58H,5-6,13-19,24-25H2,1-4H3,(H,52,63). The van der Waals surface area contributed by atoms with Crippen molar-refractivity contribution < 1.29 is 39.2 Å². The maximum absolute atomic E-state index is 14.1. The van der Waals surface area contributed by atoms with Gasteiger partial charge in [-0.15, -0.1) is 0 Å². The summed E-state index contributed by atoms with van der Waals surface area (Å²) in [7, 11) is 0. The summed E-state index contributed by atoms with van der Waals surface area (Å²) in [5, 5.41) is 41.4. The van der Waals surface area contributed by atoms with Crippen LogP contribution in [0.15, 0.2) is 75.8 Å². The average Bonchev–Trinajstić information content (AvgIpc) is 3.86. The Bertz CT molecular complexity index is 2900. The first-order valence-corrected chi connectivity index (χ1v) is 22.3. The molecule has 0 spiro atoms. The van der Waals surface area contributed by atoms with Crippen molar-refractivity contribution in [2.45, 2.75) is 103 Å². The van der Waals surface area contributed by atoms with E-state index in [1.165, 1.54) is 10.6 Å². The van der Waals surface area contributed by atoms with Gasteiger partial charge in [0.05, 0.1) is 29.3 Å². The fourth-order valence-electron chi connectivity index (χ4n) is 10.1. The maximum atomic E-state index is 14.1. The lowest BCUT2D eigenvalue weighted by Gasteiger charge is -2.36. The molecule has 5 aromatic rings. The minimum atomic E-state index is -1.86. The van der Waals surface area contributed by atoms with E-state index in [9.17, 15) is 39.3 Å². The summed E-state index contributed by atoms with van der Waals surface area (Å²) in [4.78, 5) is 69.4. The van der Waals surface area contributed by atoms with Crippen LogP contribution in [0.2, 0.25) is 0 Å². The van der Waals surface area contributed by atoms with Crippen molar-refractivity contribution >= 4 is 29.1 Å². The van der Waals surface area contributed by atoms with Crippen molar-refractivity contribution in [3.63, 3.8) is 0 Å². The van der Waals surface area contributed by atoms with E-state index in [2.05, 4.69) is 15.5 Å². The molecule has 0 saturated carbocycles. The van der Waals surface area contributed by atoms with E-state index in [1.54, 1.807) is 46.7 Å². The number of fused-ring (bicyclic) bond motifs is 5. The lowest BCUT2D eigenvalue weighted by Crippen LogP contribution is -2.47. The summed E-state index contributed by atoms with van der Waals surface area (Å²) in [5.41, 5.74) is 4.78. The molecule has 5 N–H and O–H groups in total. The fourth-order valence-corrected chi connectivity index (χ4v) is 10.1. The highest BCUT2D eigenvalue weighted by atomic mass is 16.6. The Labute approximate surface area is 374 Å². The predicted octanol–water partition coefficient (Wildman–Crippen LogP) is 6.44. The summed E-state index contributed by atoms with van der Waals surface area (Å²) >= 11 is 0. The SMILES string of the molecule is CCC1=C2Cn3c(cc4c(c3=O)COC(=O)C4(CC)OC(=O)CCC(=O)N3CCC(Cc4ccc(-n5c(-c6cc(C(C)C)c(O)cc6O)n[nH]c5=O)cc4)CC3)C2Nc2ccc(O)cc21. The molecule has 0 radical (unpaired) electrons. The van der Waals surface area contributed by atoms with E-state index in [1.807, 2.05) is 45.0 Å². The normalized spacial score (nSPS) is 19.0. The van der Waals surface area contributed by atoms with Gasteiger partial charge < -0.3 is 39.6 Å². The molecule has 9 rings (SSSR count). The number of aromatic amines is 1. The van der Waals surface area contributed by atoms with Gasteiger partial charge in [0.15, 0.2) is 5.82 Å². The van der Waals surface area contributed by atoms with Gasteiger partial charge in [0.25, 0.3) is 5.56 Å². The number of benzene rings is 3. The molecule has 2 aromatic heterocycles. The van der Waals surface area contributed by atoms with Crippen molar-refractivity contribution in [1.29, 1.82) is 0 Å². The number of hydrogen-bond donors (Lipinski definition) is 5. The molecule has 4 aliphatic heterocycles. The number of carbonyl (C=O) groups excluding carboxylic acids is 3. The Hall–Kier alpha value is -7.10. The minimum Gasteiger partial charge on any atom is -0.508 e. The van der Waals surface area contributed by atoms with Gasteiger partial charge in [-0.25, -0.2) is 19.3 Å². The van der Waals surface area contributed by atoms with Crippen molar-refractivity contribution in [2.24, 2.45) is 5.92 Å². The lowest BCUT2D eigenvalue weighted by atomic mass is 9.84. The third-order valence-electron chi connectivity index (χ3n) is 13.6. The van der Waals surface area contributed by atoms with Crippen molar-refractivity contribution in [2.75, 3.05) is 18.4 Å². The van der Waals surface area contributed by atoms with Crippen LogP contribution in [-0.2, 0) is 49.0 Å². The van der Waals surface area contributed by atoms with Crippen LogP contribution in [0.3, 0.4) is 0 Å². The van der Waals surface area contributed by atoms with Crippen LogP contribution in [0.4, 0.5) is 5.69 Å². The molecule has 2 atom stereocenters. The molecular formula is C49H52N6O10. The molecule has 0 bridgehead atoms. The Morgan fingerprint density at radius 3 is 2.40 bits per heavy atom. The number of aromatic nitrogens is 4. The van der Waals surface area contributed by atoms with Crippen molar-refractivity contribution in [1.82, 2.24) is 24.2 Å². The van der Waals surface area contributed by atoms with E-state index in [-0.39, 0.29) is 77.9 Å². The number of amides is 1. The topological polar surface area (TPSA) is 218 Å². The summed E-state index contributed by atoms with van der Waals surface area (Å²) in [6.45, 7) is 8.67. The van der Waals surface area contributed by atoms with Gasteiger partial charge in [-0.3, -0.25) is 14.4 Å². The minimum absolute atomic E-state index is 0.0210. The van der Waals surface area contributed by atoms with E-state index in [0.717, 1.165) is 47.2 Å². The van der Waals surface area contributed by atoms with Crippen molar-refractivity contribution in [3.05, 3.63) is 121 Å². The number of pyridine rings is 1. The number of piperidine rings is 1. The lowest BCUT2D eigenvalue weighted by molar-refractivity contribution is -0.189. The smallest absolute Gasteiger partial charge is 0.355 e. The molecule has 16 heteroatoms. The summed E-state index contributed by atoms with van der Waals surface area (Å²) in [5.74, 6) is -1.31. The number of nitrogens with one attached hydrogen (secondary N) is 2. The number of likely N-dealkylation sites (tertiary alicyclic amines) is 1. The second kappa shape index (κ2) is 16.8. The molecule has 1 amide bonds. The number of ether oxygens (including phenoxy) is 2. The molecule has 6 heterocycles. The number of phenols is 3. The van der Waals surface area contributed by atoms with Crippen LogP contribution in [0, 0.1) is 5.92 Å². The van der Waals surface area contributed by atoms with Gasteiger partial charge in [0.1, 0.15) is 23.9 Å².